The minimum absolute atomic E-state index is 0.0500. The molecular weight excluding hydrogens is 430 g/mol. The number of hydrazine groups is 1. The summed E-state index contributed by atoms with van der Waals surface area (Å²) < 4.78 is 11.3. The van der Waals surface area contributed by atoms with E-state index in [-0.39, 0.29) is 18.2 Å². The maximum absolute atomic E-state index is 12.7. The van der Waals surface area contributed by atoms with Crippen LogP contribution in [0.1, 0.15) is 24.5 Å². The molecule has 1 fully saturated rings. The Morgan fingerprint density at radius 3 is 2.47 bits per heavy atom. The van der Waals surface area contributed by atoms with Gasteiger partial charge in [-0.2, -0.15) is 0 Å². The van der Waals surface area contributed by atoms with Crippen LogP contribution in [0.2, 0.25) is 0 Å². The number of carbonyl (C=O) groups excluding carboxylic acids is 2. The number of carbonyl (C=O) groups is 2. The first kappa shape index (κ1) is 23.2. The van der Waals surface area contributed by atoms with Gasteiger partial charge in [0.15, 0.2) is 11.5 Å². The third-order valence-electron chi connectivity index (χ3n) is 5.88. The Morgan fingerprint density at radius 2 is 1.76 bits per heavy atom. The fourth-order valence-electron chi connectivity index (χ4n) is 3.88. The molecule has 34 heavy (non-hydrogen) atoms. The van der Waals surface area contributed by atoms with Crippen molar-refractivity contribution in [3.05, 3.63) is 83.9 Å². The predicted octanol–water partition coefficient (Wildman–Crippen LogP) is 4.33. The normalized spacial score (nSPS) is 15.2. The zero-order valence-corrected chi connectivity index (χ0v) is 19.4. The molecule has 0 unspecified atom stereocenters. The summed E-state index contributed by atoms with van der Waals surface area (Å²) in [6, 6.07) is 23.1. The minimum atomic E-state index is -0.429. The van der Waals surface area contributed by atoms with Crippen LogP contribution in [0, 0.1) is 5.92 Å². The molecule has 0 spiro atoms. The van der Waals surface area contributed by atoms with E-state index in [4.69, 9.17) is 9.47 Å². The second-order valence-corrected chi connectivity index (χ2v) is 8.18. The number of ether oxygens (including phenoxy) is 2. The molecule has 1 saturated heterocycles. The molecule has 4 rings (SSSR count). The third kappa shape index (κ3) is 5.49. The summed E-state index contributed by atoms with van der Waals surface area (Å²) in [6.45, 7) is 2.87. The van der Waals surface area contributed by atoms with Crippen molar-refractivity contribution in [1.82, 2.24) is 5.43 Å². The summed E-state index contributed by atoms with van der Waals surface area (Å²) >= 11 is 0. The largest absolute Gasteiger partial charge is 0.493 e. The minimum Gasteiger partial charge on any atom is -0.493 e. The summed E-state index contributed by atoms with van der Waals surface area (Å²) in [7, 11) is 1.57. The number of anilines is 2. The van der Waals surface area contributed by atoms with Gasteiger partial charge >= 0.3 is 0 Å². The number of hydrogen-bond donors (Lipinski definition) is 2. The van der Waals surface area contributed by atoms with Gasteiger partial charge in [-0.25, -0.2) is 0 Å². The molecule has 176 valence electrons. The predicted molar refractivity (Wildman–Crippen MR) is 132 cm³/mol. The second-order valence-electron chi connectivity index (χ2n) is 8.18. The van der Waals surface area contributed by atoms with Crippen molar-refractivity contribution in [2.24, 2.45) is 5.92 Å². The van der Waals surface area contributed by atoms with Crippen LogP contribution in [-0.4, -0.2) is 25.5 Å². The molecule has 3 aromatic carbocycles. The monoisotopic (exact) mass is 459 g/mol. The lowest BCUT2D eigenvalue weighted by molar-refractivity contribution is -0.125. The van der Waals surface area contributed by atoms with E-state index in [0.29, 0.717) is 30.3 Å². The molecule has 0 saturated carbocycles. The van der Waals surface area contributed by atoms with Crippen molar-refractivity contribution in [3.63, 3.8) is 0 Å². The van der Waals surface area contributed by atoms with Crippen molar-refractivity contribution in [2.45, 2.75) is 26.4 Å². The van der Waals surface area contributed by atoms with Gasteiger partial charge in [0.1, 0.15) is 6.61 Å². The number of methoxy groups -OCH3 is 1. The molecule has 1 aliphatic rings. The molecule has 1 aliphatic heterocycles. The summed E-state index contributed by atoms with van der Waals surface area (Å²) in [6.07, 6.45) is 1.12. The Morgan fingerprint density at radius 1 is 1.00 bits per heavy atom. The highest BCUT2D eigenvalue weighted by molar-refractivity contribution is 6.00. The van der Waals surface area contributed by atoms with E-state index in [2.05, 4.69) is 17.8 Å². The number of rotatable bonds is 9. The fraction of sp³-hybridized carbons (Fsp3) is 0.259. The van der Waals surface area contributed by atoms with Gasteiger partial charge in [0, 0.05) is 24.7 Å². The van der Waals surface area contributed by atoms with Crippen molar-refractivity contribution in [1.29, 1.82) is 0 Å². The molecule has 7 heteroatoms. The lowest BCUT2D eigenvalue weighted by atomic mass is 10.1. The smallest absolute Gasteiger partial charge is 0.243 e. The molecule has 0 aromatic heterocycles. The van der Waals surface area contributed by atoms with Gasteiger partial charge in [0.25, 0.3) is 0 Å². The van der Waals surface area contributed by atoms with Crippen molar-refractivity contribution in [3.8, 4) is 11.5 Å². The molecule has 0 bridgehead atoms. The van der Waals surface area contributed by atoms with Gasteiger partial charge < -0.3 is 14.4 Å². The first-order valence-corrected chi connectivity index (χ1v) is 11.4. The molecule has 0 aliphatic carbocycles. The molecule has 1 atom stereocenters. The molecule has 0 radical (unpaired) electrons. The Labute approximate surface area is 199 Å². The van der Waals surface area contributed by atoms with E-state index in [1.807, 2.05) is 54.6 Å². The second kappa shape index (κ2) is 10.7. The molecule has 7 nitrogen and oxygen atoms in total. The first-order chi connectivity index (χ1) is 16.6. The summed E-state index contributed by atoms with van der Waals surface area (Å²) in [5, 5.41) is 0. The van der Waals surface area contributed by atoms with Gasteiger partial charge in [-0.15, -0.1) is 0 Å². The van der Waals surface area contributed by atoms with Gasteiger partial charge in [-0.3, -0.25) is 20.4 Å². The molecule has 2 amide bonds. The van der Waals surface area contributed by atoms with E-state index < -0.39 is 5.92 Å². The van der Waals surface area contributed by atoms with Gasteiger partial charge in [-0.05, 0) is 41.8 Å². The SMILES string of the molecule is CCc1ccc(N2C[C@@H](C(=O)NNc3ccc(OCc4ccccc4)c(OC)c3)CC2=O)cc1. The van der Waals surface area contributed by atoms with E-state index in [9.17, 15) is 9.59 Å². The van der Waals surface area contributed by atoms with Crippen LogP contribution < -0.4 is 25.2 Å². The fourth-order valence-corrected chi connectivity index (χ4v) is 3.88. The quantitative estimate of drug-likeness (QED) is 0.466. The average Bonchev–Trinajstić information content (AvgIpc) is 3.28. The van der Waals surface area contributed by atoms with Crippen LogP contribution in [0.25, 0.3) is 0 Å². The molecule has 2 N–H and O–H groups in total. The number of hydrogen-bond acceptors (Lipinski definition) is 5. The van der Waals surface area contributed by atoms with Crippen LogP contribution in [0.3, 0.4) is 0 Å². The molecule has 3 aromatic rings. The van der Waals surface area contributed by atoms with E-state index in [0.717, 1.165) is 17.7 Å². The van der Waals surface area contributed by atoms with E-state index >= 15 is 0 Å². The topological polar surface area (TPSA) is 79.9 Å². The van der Waals surface area contributed by atoms with Crippen molar-refractivity contribution < 1.29 is 19.1 Å². The summed E-state index contributed by atoms with van der Waals surface area (Å²) in [5.74, 6) is 0.443. The highest BCUT2D eigenvalue weighted by atomic mass is 16.5. The summed E-state index contributed by atoms with van der Waals surface area (Å²) in [4.78, 5) is 26.9. The summed E-state index contributed by atoms with van der Waals surface area (Å²) in [5.41, 5.74) is 9.37. The zero-order valence-electron chi connectivity index (χ0n) is 19.4. The van der Waals surface area contributed by atoms with Crippen LogP contribution in [-0.2, 0) is 22.6 Å². The third-order valence-corrected chi connectivity index (χ3v) is 5.88. The number of nitrogens with one attached hydrogen (secondary N) is 2. The van der Waals surface area contributed by atoms with Crippen LogP contribution >= 0.6 is 0 Å². The lowest BCUT2D eigenvalue weighted by Gasteiger charge is -2.17. The maximum Gasteiger partial charge on any atom is 0.243 e. The maximum atomic E-state index is 12.7. The van der Waals surface area contributed by atoms with Gasteiger partial charge in [0.05, 0.1) is 18.7 Å². The Balaban J connectivity index is 1.32. The number of benzene rings is 3. The zero-order chi connectivity index (χ0) is 23.9. The number of nitrogens with zero attached hydrogens (tertiary/aromatic N) is 1. The Kier molecular flexibility index (Phi) is 7.32. The average molecular weight is 460 g/mol. The van der Waals surface area contributed by atoms with Gasteiger partial charge in [0.2, 0.25) is 11.8 Å². The lowest BCUT2D eigenvalue weighted by Crippen LogP contribution is -2.36. The van der Waals surface area contributed by atoms with Crippen LogP contribution in [0.4, 0.5) is 11.4 Å². The van der Waals surface area contributed by atoms with Crippen LogP contribution in [0.5, 0.6) is 11.5 Å². The highest BCUT2D eigenvalue weighted by Gasteiger charge is 2.35. The van der Waals surface area contributed by atoms with Gasteiger partial charge in [-0.1, -0.05) is 49.4 Å². The first-order valence-electron chi connectivity index (χ1n) is 11.4. The van der Waals surface area contributed by atoms with Crippen molar-refractivity contribution in [2.75, 3.05) is 24.0 Å². The highest BCUT2D eigenvalue weighted by Crippen LogP contribution is 2.31. The standard InChI is InChI=1S/C27H29N3O4/c1-3-19-9-12-23(13-10-19)30-17-21(15-26(30)31)27(32)29-28-22-11-14-24(25(16-22)33-2)34-18-20-7-5-4-6-8-20/h4-14,16,21,28H,3,15,17-18H2,1-2H3,(H,29,32)/t21-/m0/s1. The molecule has 1 heterocycles. The van der Waals surface area contributed by atoms with E-state index in [1.165, 1.54) is 5.56 Å². The van der Waals surface area contributed by atoms with Crippen molar-refractivity contribution >= 4 is 23.2 Å². The molecular formula is C27H29N3O4. The Hall–Kier alpha value is -4.00. The van der Waals surface area contributed by atoms with E-state index in [1.54, 1.807) is 30.2 Å². The number of aryl methyl sites for hydroxylation is 1. The Bertz CT molecular complexity index is 1130. The number of amides is 2. The van der Waals surface area contributed by atoms with Crippen LogP contribution in [0.15, 0.2) is 72.8 Å².